The van der Waals surface area contributed by atoms with E-state index in [0.717, 1.165) is 18.4 Å². The van der Waals surface area contributed by atoms with Crippen LogP contribution in [-0.2, 0) is 16.0 Å². The number of amides is 1. The SMILES string of the molecule is NCCCC[C@@H]([C]=O)NC(=O)[C@@H](N)Cc1ccccc1. The van der Waals surface area contributed by atoms with Crippen LogP contribution >= 0.6 is 0 Å². The minimum absolute atomic E-state index is 0.324. The first kappa shape index (κ1) is 16.3. The predicted molar refractivity (Wildman–Crippen MR) is 78.7 cm³/mol. The van der Waals surface area contributed by atoms with Gasteiger partial charge in [-0.25, -0.2) is 0 Å². The van der Waals surface area contributed by atoms with Crippen LogP contribution in [-0.4, -0.2) is 30.8 Å². The van der Waals surface area contributed by atoms with E-state index >= 15 is 0 Å². The third kappa shape index (κ3) is 5.95. The highest BCUT2D eigenvalue weighted by atomic mass is 16.2. The van der Waals surface area contributed by atoms with Crippen LogP contribution in [0.3, 0.4) is 0 Å². The molecule has 0 saturated carbocycles. The predicted octanol–water partition coefficient (Wildman–Crippen LogP) is 0.280. The fourth-order valence-corrected chi connectivity index (χ4v) is 1.89. The number of hydrogen-bond acceptors (Lipinski definition) is 4. The first-order valence-electron chi connectivity index (χ1n) is 6.85. The summed E-state index contributed by atoms with van der Waals surface area (Å²) < 4.78 is 0. The molecule has 0 unspecified atom stereocenters. The summed E-state index contributed by atoms with van der Waals surface area (Å²) in [5.74, 6) is -0.324. The van der Waals surface area contributed by atoms with Gasteiger partial charge in [-0.2, -0.15) is 0 Å². The van der Waals surface area contributed by atoms with E-state index in [-0.39, 0.29) is 5.91 Å². The molecule has 1 aromatic rings. The summed E-state index contributed by atoms with van der Waals surface area (Å²) in [5, 5.41) is 2.62. The van der Waals surface area contributed by atoms with Crippen LogP contribution in [0.2, 0.25) is 0 Å². The van der Waals surface area contributed by atoms with E-state index in [0.29, 0.717) is 19.4 Å². The molecule has 5 N–H and O–H groups in total. The van der Waals surface area contributed by atoms with Gasteiger partial charge in [0.15, 0.2) is 0 Å². The molecule has 5 heteroatoms. The summed E-state index contributed by atoms with van der Waals surface area (Å²) in [6.07, 6.45) is 4.43. The lowest BCUT2D eigenvalue weighted by Gasteiger charge is -2.16. The Morgan fingerprint density at radius 2 is 1.95 bits per heavy atom. The van der Waals surface area contributed by atoms with Gasteiger partial charge in [0.05, 0.1) is 12.1 Å². The number of nitrogens with one attached hydrogen (secondary N) is 1. The van der Waals surface area contributed by atoms with Crippen molar-refractivity contribution < 1.29 is 9.59 Å². The molecule has 0 bridgehead atoms. The van der Waals surface area contributed by atoms with Gasteiger partial charge in [-0.15, -0.1) is 0 Å². The van der Waals surface area contributed by atoms with Crippen molar-refractivity contribution in [1.29, 1.82) is 0 Å². The Bertz CT molecular complexity index is 409. The van der Waals surface area contributed by atoms with Crippen molar-refractivity contribution in [1.82, 2.24) is 5.32 Å². The van der Waals surface area contributed by atoms with Crippen LogP contribution in [0.15, 0.2) is 30.3 Å². The largest absolute Gasteiger partial charge is 0.344 e. The Kier molecular flexibility index (Phi) is 7.54. The van der Waals surface area contributed by atoms with Crippen LogP contribution in [0.5, 0.6) is 0 Å². The van der Waals surface area contributed by atoms with Crippen LogP contribution in [0.4, 0.5) is 0 Å². The number of hydrogen-bond donors (Lipinski definition) is 3. The first-order valence-corrected chi connectivity index (χ1v) is 6.85. The van der Waals surface area contributed by atoms with Crippen LogP contribution in [0, 0.1) is 0 Å². The summed E-state index contributed by atoms with van der Waals surface area (Å²) >= 11 is 0. The van der Waals surface area contributed by atoms with E-state index < -0.39 is 12.1 Å². The number of carbonyl (C=O) groups excluding carboxylic acids is 2. The molecule has 0 spiro atoms. The molecular weight excluding hydrogens is 254 g/mol. The molecule has 0 heterocycles. The Labute approximate surface area is 119 Å². The summed E-state index contributed by atoms with van der Waals surface area (Å²) in [4.78, 5) is 22.7. The van der Waals surface area contributed by atoms with Gasteiger partial charge in [-0.1, -0.05) is 30.3 Å². The molecule has 0 fully saturated rings. The molecule has 0 aliphatic carbocycles. The molecule has 0 aromatic heterocycles. The van der Waals surface area contributed by atoms with E-state index in [9.17, 15) is 9.59 Å². The molecule has 0 aliphatic rings. The van der Waals surface area contributed by atoms with Gasteiger partial charge < -0.3 is 16.8 Å². The lowest BCUT2D eigenvalue weighted by atomic mass is 10.1. The lowest BCUT2D eigenvalue weighted by molar-refractivity contribution is -0.122. The van der Waals surface area contributed by atoms with E-state index in [4.69, 9.17) is 11.5 Å². The average Bonchev–Trinajstić information content (AvgIpc) is 2.47. The molecule has 2 atom stereocenters. The Hall–Kier alpha value is -1.72. The van der Waals surface area contributed by atoms with Gasteiger partial charge in [-0.3, -0.25) is 9.59 Å². The maximum absolute atomic E-state index is 11.9. The normalized spacial score (nSPS) is 13.5. The molecule has 1 radical (unpaired) electrons. The third-order valence-electron chi connectivity index (χ3n) is 3.04. The second kappa shape index (κ2) is 9.23. The van der Waals surface area contributed by atoms with Gasteiger partial charge in [0.1, 0.15) is 0 Å². The van der Waals surface area contributed by atoms with E-state index in [2.05, 4.69) is 5.32 Å². The monoisotopic (exact) mass is 276 g/mol. The zero-order valence-electron chi connectivity index (χ0n) is 11.5. The molecule has 1 rings (SSSR count). The molecule has 1 amide bonds. The van der Waals surface area contributed by atoms with Crippen molar-refractivity contribution in [3.63, 3.8) is 0 Å². The van der Waals surface area contributed by atoms with Gasteiger partial charge in [-0.05, 0) is 37.8 Å². The van der Waals surface area contributed by atoms with Crippen LogP contribution in [0.1, 0.15) is 24.8 Å². The van der Waals surface area contributed by atoms with Crippen molar-refractivity contribution in [2.45, 2.75) is 37.8 Å². The second-order valence-electron chi connectivity index (χ2n) is 4.76. The Morgan fingerprint density at radius 1 is 1.25 bits per heavy atom. The number of benzene rings is 1. The maximum Gasteiger partial charge on any atom is 0.237 e. The zero-order valence-corrected chi connectivity index (χ0v) is 11.5. The highest BCUT2D eigenvalue weighted by molar-refractivity contribution is 5.84. The van der Waals surface area contributed by atoms with Crippen molar-refractivity contribution >= 4 is 12.2 Å². The number of nitrogens with two attached hydrogens (primary N) is 2. The third-order valence-corrected chi connectivity index (χ3v) is 3.04. The highest BCUT2D eigenvalue weighted by Gasteiger charge is 2.18. The minimum atomic E-state index is -0.664. The quantitative estimate of drug-likeness (QED) is 0.564. The number of unbranched alkanes of at least 4 members (excludes halogenated alkanes) is 1. The second-order valence-corrected chi connectivity index (χ2v) is 4.76. The van der Waals surface area contributed by atoms with E-state index in [1.54, 1.807) is 0 Å². The Morgan fingerprint density at radius 3 is 2.55 bits per heavy atom. The molecule has 0 aliphatic heterocycles. The smallest absolute Gasteiger partial charge is 0.237 e. The zero-order chi connectivity index (χ0) is 14.8. The fourth-order valence-electron chi connectivity index (χ4n) is 1.89. The highest BCUT2D eigenvalue weighted by Crippen LogP contribution is 2.03. The van der Waals surface area contributed by atoms with Crippen molar-refractivity contribution in [3.05, 3.63) is 35.9 Å². The standard InChI is InChI=1S/C15H22N3O2/c16-9-5-4-8-13(11-19)18-15(20)14(17)10-12-6-2-1-3-7-12/h1-3,6-7,13-14H,4-5,8-10,16-17H2,(H,18,20)/t13-,14-/m0/s1. The molecule has 109 valence electrons. The van der Waals surface area contributed by atoms with Gasteiger partial charge in [0.25, 0.3) is 0 Å². The fraction of sp³-hybridized carbons (Fsp3) is 0.467. The molecular formula is C15H22N3O2. The lowest BCUT2D eigenvalue weighted by Crippen LogP contribution is -2.47. The van der Waals surface area contributed by atoms with Gasteiger partial charge >= 0.3 is 0 Å². The van der Waals surface area contributed by atoms with Crippen LogP contribution in [0.25, 0.3) is 0 Å². The van der Waals surface area contributed by atoms with Crippen molar-refractivity contribution in [2.24, 2.45) is 11.5 Å². The number of carbonyl (C=O) groups is 1. The van der Waals surface area contributed by atoms with Crippen molar-refractivity contribution in [2.75, 3.05) is 6.54 Å². The Balaban J connectivity index is 2.41. The topological polar surface area (TPSA) is 98.2 Å². The van der Waals surface area contributed by atoms with Crippen LogP contribution < -0.4 is 16.8 Å². The van der Waals surface area contributed by atoms with E-state index in [1.807, 2.05) is 36.6 Å². The van der Waals surface area contributed by atoms with Gasteiger partial charge in [0.2, 0.25) is 12.2 Å². The van der Waals surface area contributed by atoms with Crippen molar-refractivity contribution in [3.8, 4) is 0 Å². The van der Waals surface area contributed by atoms with E-state index in [1.165, 1.54) is 0 Å². The summed E-state index contributed by atoms with van der Waals surface area (Å²) in [7, 11) is 0. The van der Waals surface area contributed by atoms with Gasteiger partial charge in [0, 0.05) is 0 Å². The summed E-state index contributed by atoms with van der Waals surface area (Å²) in [6, 6.07) is 8.27. The number of rotatable bonds is 9. The summed E-state index contributed by atoms with van der Waals surface area (Å²) in [5.41, 5.74) is 12.2. The summed E-state index contributed by atoms with van der Waals surface area (Å²) in [6.45, 7) is 0.576. The minimum Gasteiger partial charge on any atom is -0.344 e. The maximum atomic E-state index is 11.9. The average molecular weight is 276 g/mol. The molecule has 1 aromatic carbocycles. The molecule has 0 saturated heterocycles. The molecule has 5 nitrogen and oxygen atoms in total. The first-order chi connectivity index (χ1) is 9.67. The molecule has 20 heavy (non-hydrogen) atoms.